The molecule has 2 unspecified atom stereocenters. The first-order chi connectivity index (χ1) is 9.57. The Balaban J connectivity index is 2.22. The average molecular weight is 295 g/mol. The fourth-order valence-corrected chi connectivity index (χ4v) is 5.74. The molecule has 1 aromatic rings. The van der Waals surface area contributed by atoms with E-state index in [0.717, 1.165) is 37.7 Å². The van der Waals surface area contributed by atoms with Gasteiger partial charge in [0, 0.05) is 6.04 Å². The van der Waals surface area contributed by atoms with Crippen LogP contribution < -0.4 is 5.73 Å². The largest absolute Gasteiger partial charge is 0.323 e. The van der Waals surface area contributed by atoms with Crippen LogP contribution in [0.4, 0.5) is 0 Å². The van der Waals surface area contributed by atoms with Gasteiger partial charge < -0.3 is 5.73 Å². The van der Waals surface area contributed by atoms with Crippen LogP contribution in [-0.4, -0.2) is 18.9 Å². The zero-order valence-corrected chi connectivity index (χ0v) is 13.0. The monoisotopic (exact) mass is 295 g/mol. The molecule has 1 aromatic carbocycles. The highest BCUT2D eigenvalue weighted by Gasteiger charge is 2.37. The summed E-state index contributed by atoms with van der Waals surface area (Å²) in [6.45, 7) is 1.92. The van der Waals surface area contributed by atoms with E-state index < -0.39 is 21.1 Å². The van der Waals surface area contributed by atoms with Crippen LogP contribution in [-0.2, 0) is 9.84 Å². The second-order valence-electron chi connectivity index (χ2n) is 5.73. The first-order valence-electron chi connectivity index (χ1n) is 7.60. The molecule has 2 N–H and O–H groups in total. The summed E-state index contributed by atoms with van der Waals surface area (Å²) < 4.78 is 25.7. The molecule has 112 valence electrons. The van der Waals surface area contributed by atoms with E-state index in [0.29, 0.717) is 6.42 Å². The van der Waals surface area contributed by atoms with E-state index >= 15 is 0 Å². The summed E-state index contributed by atoms with van der Waals surface area (Å²) in [6, 6.07) is 9.16. The lowest BCUT2D eigenvalue weighted by molar-refractivity contribution is 0.468. The third-order valence-electron chi connectivity index (χ3n) is 4.43. The van der Waals surface area contributed by atoms with Crippen LogP contribution in [0.5, 0.6) is 0 Å². The predicted molar refractivity (Wildman–Crippen MR) is 83.2 cm³/mol. The quantitative estimate of drug-likeness (QED) is 0.907. The molecule has 3 nitrogen and oxygen atoms in total. The SMILES string of the molecule is CCC(C(N)c1ccccc1)S(=O)(=O)C1CCCCC1. The Labute approximate surface area is 122 Å². The molecule has 0 saturated heterocycles. The van der Waals surface area contributed by atoms with E-state index in [1.165, 1.54) is 0 Å². The van der Waals surface area contributed by atoms with E-state index in [-0.39, 0.29) is 5.25 Å². The minimum absolute atomic E-state index is 0.184. The Bertz CT molecular complexity index is 507. The van der Waals surface area contributed by atoms with Gasteiger partial charge in [-0.1, -0.05) is 56.5 Å². The highest BCUT2D eigenvalue weighted by Crippen LogP contribution is 2.31. The number of rotatable bonds is 5. The molecule has 0 amide bonds. The van der Waals surface area contributed by atoms with Crippen molar-refractivity contribution >= 4 is 9.84 Å². The van der Waals surface area contributed by atoms with Crippen LogP contribution in [0.25, 0.3) is 0 Å². The molecule has 2 rings (SSSR count). The summed E-state index contributed by atoms with van der Waals surface area (Å²) >= 11 is 0. The Morgan fingerprint density at radius 2 is 1.75 bits per heavy atom. The minimum atomic E-state index is -3.15. The molecule has 20 heavy (non-hydrogen) atoms. The minimum Gasteiger partial charge on any atom is -0.323 e. The first kappa shape index (κ1) is 15.5. The second kappa shape index (κ2) is 6.72. The molecule has 0 aromatic heterocycles. The maximum atomic E-state index is 12.9. The van der Waals surface area contributed by atoms with E-state index in [1.807, 2.05) is 37.3 Å². The Hall–Kier alpha value is -0.870. The number of benzene rings is 1. The highest BCUT2D eigenvalue weighted by atomic mass is 32.2. The molecule has 1 aliphatic rings. The summed E-state index contributed by atoms with van der Waals surface area (Å²) in [6.07, 6.45) is 5.41. The summed E-state index contributed by atoms with van der Waals surface area (Å²) in [4.78, 5) is 0. The second-order valence-corrected chi connectivity index (χ2v) is 8.18. The molecule has 0 heterocycles. The van der Waals surface area contributed by atoms with Gasteiger partial charge in [0.25, 0.3) is 0 Å². The smallest absolute Gasteiger partial charge is 0.157 e. The lowest BCUT2D eigenvalue weighted by Gasteiger charge is -2.30. The highest BCUT2D eigenvalue weighted by molar-refractivity contribution is 7.92. The number of nitrogens with two attached hydrogens (primary N) is 1. The third kappa shape index (κ3) is 3.23. The van der Waals surface area contributed by atoms with Crippen LogP contribution in [0.1, 0.15) is 57.1 Å². The van der Waals surface area contributed by atoms with E-state index in [9.17, 15) is 8.42 Å². The summed E-state index contributed by atoms with van der Waals surface area (Å²) in [5.74, 6) is 0. The van der Waals surface area contributed by atoms with Crippen LogP contribution >= 0.6 is 0 Å². The molecule has 0 bridgehead atoms. The first-order valence-corrected chi connectivity index (χ1v) is 9.21. The maximum absolute atomic E-state index is 12.9. The topological polar surface area (TPSA) is 60.2 Å². The fraction of sp³-hybridized carbons (Fsp3) is 0.625. The molecule has 1 saturated carbocycles. The normalized spacial score (nSPS) is 20.5. The van der Waals surface area contributed by atoms with Crippen LogP contribution in [0.15, 0.2) is 30.3 Å². The van der Waals surface area contributed by atoms with E-state index in [2.05, 4.69) is 0 Å². The lowest BCUT2D eigenvalue weighted by atomic mass is 10.0. The van der Waals surface area contributed by atoms with E-state index in [1.54, 1.807) is 0 Å². The van der Waals surface area contributed by atoms with Gasteiger partial charge in [-0.3, -0.25) is 0 Å². The molecule has 1 fully saturated rings. The average Bonchev–Trinajstić information content (AvgIpc) is 2.49. The van der Waals surface area contributed by atoms with Gasteiger partial charge in [0.2, 0.25) is 0 Å². The van der Waals surface area contributed by atoms with Gasteiger partial charge in [0.05, 0.1) is 10.5 Å². The number of hydrogen-bond acceptors (Lipinski definition) is 3. The fourth-order valence-electron chi connectivity index (χ4n) is 3.22. The van der Waals surface area contributed by atoms with Crippen molar-refractivity contribution in [3.05, 3.63) is 35.9 Å². The van der Waals surface area contributed by atoms with Gasteiger partial charge in [-0.25, -0.2) is 8.42 Å². The molecule has 4 heteroatoms. The molecule has 2 atom stereocenters. The van der Waals surface area contributed by atoms with Crippen molar-refractivity contribution in [1.82, 2.24) is 0 Å². The maximum Gasteiger partial charge on any atom is 0.157 e. The van der Waals surface area contributed by atoms with Gasteiger partial charge in [-0.2, -0.15) is 0 Å². The Morgan fingerprint density at radius 3 is 2.30 bits per heavy atom. The molecule has 0 aliphatic heterocycles. The van der Waals surface area contributed by atoms with Crippen LogP contribution in [0.2, 0.25) is 0 Å². The number of hydrogen-bond donors (Lipinski definition) is 1. The van der Waals surface area contributed by atoms with Crippen molar-refractivity contribution in [2.24, 2.45) is 5.73 Å². The molecular formula is C16H25NO2S. The zero-order valence-electron chi connectivity index (χ0n) is 12.2. The van der Waals surface area contributed by atoms with Crippen molar-refractivity contribution in [3.63, 3.8) is 0 Å². The molecule has 1 aliphatic carbocycles. The summed E-state index contributed by atoms with van der Waals surface area (Å²) in [5, 5.41) is -0.649. The third-order valence-corrected chi connectivity index (χ3v) is 7.30. The molecular weight excluding hydrogens is 270 g/mol. The predicted octanol–water partition coefficient (Wildman–Crippen LogP) is 3.21. The van der Waals surface area contributed by atoms with E-state index in [4.69, 9.17) is 5.73 Å². The van der Waals surface area contributed by atoms with Crippen molar-refractivity contribution in [1.29, 1.82) is 0 Å². The van der Waals surface area contributed by atoms with Crippen LogP contribution in [0, 0.1) is 0 Å². The van der Waals surface area contributed by atoms with Gasteiger partial charge in [0.15, 0.2) is 9.84 Å². The standard InChI is InChI=1S/C16H25NO2S/c1-2-15(16(17)13-9-5-3-6-10-13)20(18,19)14-11-7-4-8-12-14/h3,5-6,9-10,14-16H,2,4,7-8,11-12,17H2,1H3. The molecule has 0 radical (unpaired) electrons. The zero-order chi connectivity index (χ0) is 14.6. The number of sulfone groups is 1. The Kier molecular flexibility index (Phi) is 5.22. The van der Waals surface area contributed by atoms with Crippen molar-refractivity contribution in [2.75, 3.05) is 0 Å². The van der Waals surface area contributed by atoms with Crippen molar-refractivity contribution in [2.45, 2.75) is 62.0 Å². The Morgan fingerprint density at radius 1 is 1.15 bits per heavy atom. The van der Waals surface area contributed by atoms with Crippen molar-refractivity contribution in [3.8, 4) is 0 Å². The van der Waals surface area contributed by atoms with Crippen molar-refractivity contribution < 1.29 is 8.42 Å². The molecule has 0 spiro atoms. The van der Waals surface area contributed by atoms with Gasteiger partial charge >= 0.3 is 0 Å². The van der Waals surface area contributed by atoms with Gasteiger partial charge in [-0.15, -0.1) is 0 Å². The van der Waals surface area contributed by atoms with Gasteiger partial charge in [-0.05, 0) is 24.8 Å². The lowest BCUT2D eigenvalue weighted by Crippen LogP contribution is -2.40. The van der Waals surface area contributed by atoms with Crippen LogP contribution in [0.3, 0.4) is 0 Å². The van der Waals surface area contributed by atoms with Gasteiger partial charge in [0.1, 0.15) is 0 Å². The summed E-state index contributed by atoms with van der Waals surface area (Å²) in [5.41, 5.74) is 7.18. The summed E-state index contributed by atoms with van der Waals surface area (Å²) in [7, 11) is -3.15.